The van der Waals surface area contributed by atoms with E-state index in [0.29, 0.717) is 19.6 Å². The topological polar surface area (TPSA) is 61.5 Å². The van der Waals surface area contributed by atoms with Gasteiger partial charge in [-0.05, 0) is 51.7 Å². The number of unbranched alkanes of at least 4 members (excludes halogenated alkanes) is 2. The van der Waals surface area contributed by atoms with Crippen LogP contribution in [-0.2, 0) is 9.53 Å². The molecule has 1 aromatic rings. The summed E-state index contributed by atoms with van der Waals surface area (Å²) in [5.74, 6) is 0.756. The third-order valence-corrected chi connectivity index (χ3v) is 3.25. The fourth-order valence-electron chi connectivity index (χ4n) is 2.11. The van der Waals surface area contributed by atoms with Crippen LogP contribution in [0, 0.1) is 6.92 Å². The fourth-order valence-corrected chi connectivity index (χ4v) is 2.11. The number of esters is 1. The second-order valence-electron chi connectivity index (χ2n) is 5.29. The molecule has 0 bridgehead atoms. The van der Waals surface area contributed by atoms with E-state index in [1.54, 1.807) is 0 Å². The Morgan fingerprint density at radius 2 is 2.05 bits per heavy atom. The van der Waals surface area contributed by atoms with Crippen LogP contribution in [-0.4, -0.2) is 19.2 Å². The van der Waals surface area contributed by atoms with Crippen molar-refractivity contribution in [3.05, 3.63) is 29.3 Å². The van der Waals surface area contributed by atoms with E-state index in [4.69, 9.17) is 15.2 Å². The summed E-state index contributed by atoms with van der Waals surface area (Å²) in [5, 5.41) is 0. The summed E-state index contributed by atoms with van der Waals surface area (Å²) < 4.78 is 10.7. The first kappa shape index (κ1) is 17.5. The maximum Gasteiger partial charge on any atom is 0.305 e. The van der Waals surface area contributed by atoms with Gasteiger partial charge in [0.15, 0.2) is 0 Å². The number of benzene rings is 1. The zero-order valence-electron chi connectivity index (χ0n) is 13.4. The molecule has 0 radical (unpaired) electrons. The standard InChI is InChI=1S/C17H27NO3/c1-4-20-17(19)8-6-5-7-11-21-16-12-13(2)9-10-15(16)14(3)18/h9-10,12,14H,4-8,11,18H2,1-3H3/t14-/m0/s1. The van der Waals surface area contributed by atoms with E-state index in [-0.39, 0.29) is 12.0 Å². The highest BCUT2D eigenvalue weighted by atomic mass is 16.5. The lowest BCUT2D eigenvalue weighted by Crippen LogP contribution is -2.09. The summed E-state index contributed by atoms with van der Waals surface area (Å²) >= 11 is 0. The van der Waals surface area contributed by atoms with Gasteiger partial charge in [0.2, 0.25) is 0 Å². The Labute approximate surface area is 127 Å². The Morgan fingerprint density at radius 1 is 1.29 bits per heavy atom. The number of hydrogen-bond donors (Lipinski definition) is 1. The second kappa shape index (κ2) is 9.40. The molecule has 0 saturated carbocycles. The van der Waals surface area contributed by atoms with E-state index in [9.17, 15) is 4.79 Å². The normalized spacial score (nSPS) is 12.0. The first-order valence-corrected chi connectivity index (χ1v) is 7.69. The highest BCUT2D eigenvalue weighted by molar-refractivity contribution is 5.69. The summed E-state index contributed by atoms with van der Waals surface area (Å²) in [7, 11) is 0. The Bertz CT molecular complexity index is 444. The molecule has 1 atom stereocenters. The summed E-state index contributed by atoms with van der Waals surface area (Å²) in [6, 6.07) is 6.06. The second-order valence-corrected chi connectivity index (χ2v) is 5.29. The number of ether oxygens (including phenoxy) is 2. The monoisotopic (exact) mass is 293 g/mol. The molecule has 0 spiro atoms. The highest BCUT2D eigenvalue weighted by Crippen LogP contribution is 2.25. The molecule has 118 valence electrons. The van der Waals surface area contributed by atoms with E-state index in [2.05, 4.69) is 0 Å². The Balaban J connectivity index is 2.29. The molecule has 0 unspecified atom stereocenters. The first-order chi connectivity index (χ1) is 10.0. The molecule has 0 aromatic heterocycles. The fraction of sp³-hybridized carbons (Fsp3) is 0.588. The molecular weight excluding hydrogens is 266 g/mol. The molecule has 0 amide bonds. The van der Waals surface area contributed by atoms with Crippen molar-refractivity contribution in [2.24, 2.45) is 5.73 Å². The highest BCUT2D eigenvalue weighted by Gasteiger charge is 2.08. The maximum atomic E-state index is 11.2. The van der Waals surface area contributed by atoms with Crippen LogP contribution < -0.4 is 10.5 Å². The number of carbonyl (C=O) groups is 1. The molecule has 4 heteroatoms. The van der Waals surface area contributed by atoms with Crippen LogP contribution in [0.2, 0.25) is 0 Å². The van der Waals surface area contributed by atoms with Crippen LogP contribution >= 0.6 is 0 Å². The number of hydrogen-bond acceptors (Lipinski definition) is 4. The van der Waals surface area contributed by atoms with Crippen molar-refractivity contribution in [3.8, 4) is 5.75 Å². The van der Waals surface area contributed by atoms with Crippen molar-refractivity contribution in [1.82, 2.24) is 0 Å². The van der Waals surface area contributed by atoms with Gasteiger partial charge in [0.05, 0.1) is 13.2 Å². The number of carbonyl (C=O) groups excluding carboxylic acids is 1. The van der Waals surface area contributed by atoms with E-state index in [0.717, 1.165) is 36.1 Å². The van der Waals surface area contributed by atoms with Gasteiger partial charge in [-0.1, -0.05) is 12.1 Å². The molecule has 1 aromatic carbocycles. The lowest BCUT2D eigenvalue weighted by Gasteiger charge is -2.14. The first-order valence-electron chi connectivity index (χ1n) is 7.69. The van der Waals surface area contributed by atoms with Crippen molar-refractivity contribution >= 4 is 5.97 Å². The predicted octanol–water partition coefficient (Wildman–Crippen LogP) is 3.52. The molecule has 1 rings (SSSR count). The average molecular weight is 293 g/mol. The van der Waals surface area contributed by atoms with E-state index in [1.807, 2.05) is 39.0 Å². The van der Waals surface area contributed by atoms with Crippen molar-refractivity contribution in [2.45, 2.75) is 52.5 Å². The van der Waals surface area contributed by atoms with E-state index < -0.39 is 0 Å². The minimum absolute atomic E-state index is 0.0376. The molecule has 0 fully saturated rings. The smallest absolute Gasteiger partial charge is 0.305 e. The quantitative estimate of drug-likeness (QED) is 0.559. The summed E-state index contributed by atoms with van der Waals surface area (Å²) in [6.45, 7) is 6.92. The molecular formula is C17H27NO3. The summed E-state index contributed by atoms with van der Waals surface area (Å²) in [4.78, 5) is 11.2. The Morgan fingerprint density at radius 3 is 2.71 bits per heavy atom. The minimum atomic E-state index is -0.114. The van der Waals surface area contributed by atoms with Crippen LogP contribution in [0.25, 0.3) is 0 Å². The predicted molar refractivity (Wildman–Crippen MR) is 84.4 cm³/mol. The van der Waals surface area contributed by atoms with E-state index in [1.165, 1.54) is 0 Å². The van der Waals surface area contributed by atoms with Crippen molar-refractivity contribution in [1.29, 1.82) is 0 Å². The van der Waals surface area contributed by atoms with Gasteiger partial charge < -0.3 is 15.2 Å². The van der Waals surface area contributed by atoms with Gasteiger partial charge in [-0.3, -0.25) is 4.79 Å². The zero-order valence-corrected chi connectivity index (χ0v) is 13.4. The van der Waals surface area contributed by atoms with Crippen LogP contribution in [0.5, 0.6) is 5.75 Å². The maximum absolute atomic E-state index is 11.2. The lowest BCUT2D eigenvalue weighted by atomic mass is 10.1. The summed E-state index contributed by atoms with van der Waals surface area (Å²) in [6.07, 6.45) is 3.21. The minimum Gasteiger partial charge on any atom is -0.493 e. The SMILES string of the molecule is CCOC(=O)CCCCCOc1cc(C)ccc1[C@H](C)N. The van der Waals surface area contributed by atoms with Gasteiger partial charge in [-0.2, -0.15) is 0 Å². The van der Waals surface area contributed by atoms with Crippen LogP contribution in [0.4, 0.5) is 0 Å². The Kier molecular flexibility index (Phi) is 7.83. The molecule has 0 heterocycles. The van der Waals surface area contributed by atoms with Crippen LogP contribution in [0.15, 0.2) is 18.2 Å². The van der Waals surface area contributed by atoms with Gasteiger partial charge in [-0.15, -0.1) is 0 Å². The van der Waals surface area contributed by atoms with Crippen molar-refractivity contribution in [2.75, 3.05) is 13.2 Å². The van der Waals surface area contributed by atoms with Crippen LogP contribution in [0.1, 0.15) is 56.7 Å². The molecule has 0 aliphatic heterocycles. The van der Waals surface area contributed by atoms with Crippen molar-refractivity contribution < 1.29 is 14.3 Å². The Hall–Kier alpha value is -1.55. The number of nitrogens with two attached hydrogens (primary N) is 1. The molecule has 0 aliphatic rings. The summed E-state index contributed by atoms with van der Waals surface area (Å²) in [5.41, 5.74) is 8.14. The molecule has 0 aliphatic carbocycles. The number of aryl methyl sites for hydroxylation is 1. The largest absolute Gasteiger partial charge is 0.493 e. The van der Waals surface area contributed by atoms with Gasteiger partial charge in [-0.25, -0.2) is 0 Å². The average Bonchev–Trinajstić information content (AvgIpc) is 2.42. The molecule has 21 heavy (non-hydrogen) atoms. The molecule has 2 N–H and O–H groups in total. The molecule has 0 saturated heterocycles. The van der Waals surface area contributed by atoms with Crippen LogP contribution in [0.3, 0.4) is 0 Å². The van der Waals surface area contributed by atoms with Gasteiger partial charge in [0.1, 0.15) is 5.75 Å². The van der Waals surface area contributed by atoms with Gasteiger partial charge in [0.25, 0.3) is 0 Å². The van der Waals surface area contributed by atoms with Gasteiger partial charge >= 0.3 is 5.97 Å². The third-order valence-electron chi connectivity index (χ3n) is 3.25. The van der Waals surface area contributed by atoms with E-state index >= 15 is 0 Å². The van der Waals surface area contributed by atoms with Crippen molar-refractivity contribution in [3.63, 3.8) is 0 Å². The molecule has 4 nitrogen and oxygen atoms in total. The zero-order chi connectivity index (χ0) is 15.7. The van der Waals surface area contributed by atoms with Gasteiger partial charge in [0, 0.05) is 18.0 Å². The lowest BCUT2D eigenvalue weighted by molar-refractivity contribution is -0.143. The number of rotatable bonds is 9. The third kappa shape index (κ3) is 6.63.